The van der Waals surface area contributed by atoms with Gasteiger partial charge >= 0.3 is 0 Å². The Morgan fingerprint density at radius 2 is 1.71 bits per heavy atom. The first-order valence-electron chi connectivity index (χ1n) is 7.08. The van der Waals surface area contributed by atoms with Crippen molar-refractivity contribution in [2.45, 2.75) is 13.3 Å². The molecule has 2 aromatic carbocycles. The van der Waals surface area contributed by atoms with Crippen LogP contribution in [0.1, 0.15) is 23.7 Å². The third-order valence-corrected chi connectivity index (χ3v) is 3.53. The van der Waals surface area contributed by atoms with Gasteiger partial charge in [-0.25, -0.2) is 9.82 Å². The molecular formula is C17H15BrFN3O2. The van der Waals surface area contributed by atoms with Gasteiger partial charge in [0.1, 0.15) is 5.82 Å². The van der Waals surface area contributed by atoms with Crippen molar-refractivity contribution < 1.29 is 14.0 Å². The van der Waals surface area contributed by atoms with Crippen molar-refractivity contribution in [3.05, 3.63) is 64.4 Å². The number of hydrogen-bond acceptors (Lipinski definition) is 3. The molecular weight excluding hydrogens is 377 g/mol. The second-order valence-corrected chi connectivity index (χ2v) is 5.94. The molecule has 0 atom stereocenters. The highest BCUT2D eigenvalue weighted by Gasteiger charge is 2.07. The Balaban J connectivity index is 1.86. The molecule has 2 aromatic rings. The molecule has 0 aliphatic rings. The molecule has 0 heterocycles. The number of anilines is 1. The van der Waals surface area contributed by atoms with Crippen LogP contribution in [0.3, 0.4) is 0 Å². The molecule has 0 aliphatic heterocycles. The summed E-state index contributed by atoms with van der Waals surface area (Å²) in [7, 11) is 0. The lowest BCUT2D eigenvalue weighted by atomic mass is 10.2. The minimum absolute atomic E-state index is 0.0119. The van der Waals surface area contributed by atoms with Crippen LogP contribution in [0.5, 0.6) is 0 Å². The van der Waals surface area contributed by atoms with E-state index in [-0.39, 0.29) is 24.1 Å². The maximum atomic E-state index is 12.8. The third kappa shape index (κ3) is 5.58. The summed E-state index contributed by atoms with van der Waals surface area (Å²) in [6, 6.07) is 12.3. The van der Waals surface area contributed by atoms with Crippen molar-refractivity contribution >= 4 is 39.1 Å². The highest BCUT2D eigenvalue weighted by atomic mass is 79.9. The SMILES string of the molecule is CC(CC(=O)Nc1ccc(F)cc1)=NNC(=O)c1ccc(Br)cc1. The molecule has 0 aromatic heterocycles. The van der Waals surface area contributed by atoms with E-state index in [9.17, 15) is 14.0 Å². The van der Waals surface area contributed by atoms with Gasteiger partial charge in [-0.1, -0.05) is 15.9 Å². The smallest absolute Gasteiger partial charge is 0.271 e. The van der Waals surface area contributed by atoms with Gasteiger partial charge in [0.25, 0.3) is 5.91 Å². The van der Waals surface area contributed by atoms with E-state index < -0.39 is 0 Å². The summed E-state index contributed by atoms with van der Waals surface area (Å²) >= 11 is 3.29. The van der Waals surface area contributed by atoms with Gasteiger partial charge in [-0.05, 0) is 55.5 Å². The molecule has 0 radical (unpaired) electrons. The van der Waals surface area contributed by atoms with Gasteiger partial charge in [0.15, 0.2) is 0 Å². The Hall–Kier alpha value is -2.54. The van der Waals surface area contributed by atoms with Crippen molar-refractivity contribution in [1.82, 2.24) is 5.43 Å². The van der Waals surface area contributed by atoms with Crippen LogP contribution in [-0.2, 0) is 4.79 Å². The lowest BCUT2D eigenvalue weighted by molar-refractivity contribution is -0.115. The van der Waals surface area contributed by atoms with E-state index in [0.717, 1.165) is 4.47 Å². The number of rotatable bonds is 5. The molecule has 24 heavy (non-hydrogen) atoms. The molecule has 2 amide bonds. The summed E-state index contributed by atoms with van der Waals surface area (Å²) in [5.41, 5.74) is 3.80. The number of nitrogens with zero attached hydrogens (tertiary/aromatic N) is 1. The van der Waals surface area contributed by atoms with Gasteiger partial charge < -0.3 is 5.32 Å². The number of carbonyl (C=O) groups is 2. The molecule has 0 fully saturated rings. The molecule has 0 saturated carbocycles. The number of carbonyl (C=O) groups excluding carboxylic acids is 2. The molecule has 2 rings (SSSR count). The number of nitrogens with one attached hydrogen (secondary N) is 2. The van der Waals surface area contributed by atoms with E-state index in [1.807, 2.05) is 0 Å². The predicted molar refractivity (Wildman–Crippen MR) is 94.4 cm³/mol. The van der Waals surface area contributed by atoms with Crippen molar-refractivity contribution in [1.29, 1.82) is 0 Å². The molecule has 0 aliphatic carbocycles. The maximum absolute atomic E-state index is 12.8. The normalized spacial score (nSPS) is 11.0. The molecule has 0 spiro atoms. The second kappa shape index (κ2) is 8.35. The largest absolute Gasteiger partial charge is 0.326 e. The number of hydrazone groups is 1. The first-order chi connectivity index (χ1) is 11.4. The fraction of sp³-hybridized carbons (Fsp3) is 0.118. The van der Waals surface area contributed by atoms with Crippen LogP contribution in [0.15, 0.2) is 58.1 Å². The van der Waals surface area contributed by atoms with E-state index in [1.165, 1.54) is 24.3 Å². The molecule has 0 saturated heterocycles. The van der Waals surface area contributed by atoms with Crippen molar-refractivity contribution in [3.63, 3.8) is 0 Å². The summed E-state index contributed by atoms with van der Waals surface area (Å²) in [5, 5.41) is 6.52. The lowest BCUT2D eigenvalue weighted by Gasteiger charge is -2.05. The van der Waals surface area contributed by atoms with Gasteiger partial charge in [0.05, 0.1) is 6.42 Å². The molecule has 7 heteroatoms. The van der Waals surface area contributed by atoms with Gasteiger partial charge in [-0.3, -0.25) is 9.59 Å². The zero-order chi connectivity index (χ0) is 17.5. The minimum atomic E-state index is -0.374. The van der Waals surface area contributed by atoms with Gasteiger partial charge in [0.2, 0.25) is 5.91 Å². The van der Waals surface area contributed by atoms with Crippen molar-refractivity contribution in [3.8, 4) is 0 Å². The molecule has 0 unspecified atom stereocenters. The van der Waals surface area contributed by atoms with Gasteiger partial charge in [0, 0.05) is 21.4 Å². The number of amides is 2. The van der Waals surface area contributed by atoms with Gasteiger partial charge in [-0.15, -0.1) is 0 Å². The topological polar surface area (TPSA) is 70.6 Å². The Morgan fingerprint density at radius 3 is 2.33 bits per heavy atom. The van der Waals surface area contributed by atoms with E-state index in [0.29, 0.717) is 17.0 Å². The average molecular weight is 392 g/mol. The fourth-order valence-electron chi connectivity index (χ4n) is 1.82. The van der Waals surface area contributed by atoms with E-state index >= 15 is 0 Å². The Morgan fingerprint density at radius 1 is 1.08 bits per heavy atom. The molecule has 5 nitrogen and oxygen atoms in total. The summed E-state index contributed by atoms with van der Waals surface area (Å²) < 4.78 is 13.7. The molecule has 2 N–H and O–H groups in total. The number of hydrogen-bond donors (Lipinski definition) is 2. The van der Waals surface area contributed by atoms with Crippen LogP contribution >= 0.6 is 15.9 Å². The van der Waals surface area contributed by atoms with Crippen LogP contribution in [0, 0.1) is 5.82 Å². The van der Waals surface area contributed by atoms with Crippen LogP contribution in [0.25, 0.3) is 0 Å². The van der Waals surface area contributed by atoms with Gasteiger partial charge in [-0.2, -0.15) is 5.10 Å². The number of benzene rings is 2. The summed E-state index contributed by atoms with van der Waals surface area (Å²) in [6.07, 6.45) is 0.0119. The number of halogens is 2. The first-order valence-corrected chi connectivity index (χ1v) is 7.88. The van der Waals surface area contributed by atoms with Crippen LogP contribution in [-0.4, -0.2) is 17.5 Å². The van der Waals surface area contributed by atoms with Crippen LogP contribution < -0.4 is 10.7 Å². The minimum Gasteiger partial charge on any atom is -0.326 e. The Labute approximate surface area is 147 Å². The third-order valence-electron chi connectivity index (χ3n) is 3.00. The summed E-state index contributed by atoms with van der Waals surface area (Å²) in [5.74, 6) is -1.04. The van der Waals surface area contributed by atoms with Crippen LogP contribution in [0.4, 0.5) is 10.1 Å². The fourth-order valence-corrected chi connectivity index (χ4v) is 2.09. The van der Waals surface area contributed by atoms with E-state index in [4.69, 9.17) is 0 Å². The monoisotopic (exact) mass is 391 g/mol. The highest BCUT2D eigenvalue weighted by molar-refractivity contribution is 9.10. The zero-order valence-corrected chi connectivity index (χ0v) is 14.4. The summed E-state index contributed by atoms with van der Waals surface area (Å²) in [6.45, 7) is 1.63. The van der Waals surface area contributed by atoms with Crippen molar-refractivity contribution in [2.75, 3.05) is 5.32 Å². The van der Waals surface area contributed by atoms with E-state index in [2.05, 4.69) is 31.8 Å². The first kappa shape index (κ1) is 17.8. The standard InChI is InChI=1S/C17H15BrFN3O2/c1-11(10-16(23)20-15-8-6-14(19)7-9-15)21-22-17(24)12-2-4-13(18)5-3-12/h2-9H,10H2,1H3,(H,20,23)(H,22,24). The predicted octanol–water partition coefficient (Wildman–Crippen LogP) is 3.72. The Kier molecular flexibility index (Phi) is 6.20. The average Bonchev–Trinajstić information content (AvgIpc) is 2.55. The quantitative estimate of drug-likeness (QED) is 0.602. The van der Waals surface area contributed by atoms with E-state index in [1.54, 1.807) is 31.2 Å². The molecule has 0 bridgehead atoms. The maximum Gasteiger partial charge on any atom is 0.271 e. The second-order valence-electron chi connectivity index (χ2n) is 5.03. The summed E-state index contributed by atoms with van der Waals surface area (Å²) in [4.78, 5) is 23.8. The zero-order valence-electron chi connectivity index (χ0n) is 12.8. The highest BCUT2D eigenvalue weighted by Crippen LogP contribution is 2.10. The lowest BCUT2D eigenvalue weighted by Crippen LogP contribution is -2.21. The van der Waals surface area contributed by atoms with Crippen LogP contribution in [0.2, 0.25) is 0 Å². The Bertz CT molecular complexity index is 758. The molecule has 124 valence electrons. The van der Waals surface area contributed by atoms with Crippen molar-refractivity contribution in [2.24, 2.45) is 5.10 Å².